The SMILES string of the molecule is CCCOCCN1CCOCC1CO. The summed E-state index contributed by atoms with van der Waals surface area (Å²) in [6.45, 7) is 7.07. The highest BCUT2D eigenvalue weighted by atomic mass is 16.5. The molecule has 0 aromatic heterocycles. The minimum Gasteiger partial charge on any atom is -0.395 e. The molecule has 0 saturated carbocycles. The molecule has 14 heavy (non-hydrogen) atoms. The van der Waals surface area contributed by atoms with E-state index in [0.717, 1.165) is 39.3 Å². The zero-order valence-electron chi connectivity index (χ0n) is 8.95. The molecule has 1 aliphatic rings. The van der Waals surface area contributed by atoms with Crippen molar-refractivity contribution in [2.24, 2.45) is 0 Å². The fraction of sp³-hybridized carbons (Fsp3) is 1.00. The van der Waals surface area contributed by atoms with E-state index < -0.39 is 0 Å². The van der Waals surface area contributed by atoms with Crippen LogP contribution in [0.1, 0.15) is 13.3 Å². The van der Waals surface area contributed by atoms with Gasteiger partial charge in [-0.15, -0.1) is 0 Å². The van der Waals surface area contributed by atoms with E-state index in [-0.39, 0.29) is 12.6 Å². The Morgan fingerprint density at radius 1 is 1.50 bits per heavy atom. The van der Waals surface area contributed by atoms with Crippen LogP contribution in [-0.2, 0) is 9.47 Å². The normalized spacial score (nSPS) is 24.0. The van der Waals surface area contributed by atoms with Crippen molar-refractivity contribution >= 4 is 0 Å². The lowest BCUT2D eigenvalue weighted by Gasteiger charge is -2.34. The third kappa shape index (κ3) is 3.92. The smallest absolute Gasteiger partial charge is 0.0644 e. The molecule has 1 fully saturated rings. The first kappa shape index (κ1) is 11.9. The summed E-state index contributed by atoms with van der Waals surface area (Å²) in [6.07, 6.45) is 1.06. The molecule has 1 atom stereocenters. The number of ether oxygens (including phenoxy) is 2. The first-order valence-electron chi connectivity index (χ1n) is 5.39. The maximum absolute atomic E-state index is 9.10. The molecule has 4 nitrogen and oxygen atoms in total. The van der Waals surface area contributed by atoms with Gasteiger partial charge < -0.3 is 14.6 Å². The Morgan fingerprint density at radius 2 is 2.36 bits per heavy atom. The molecule has 4 heteroatoms. The van der Waals surface area contributed by atoms with E-state index >= 15 is 0 Å². The zero-order chi connectivity index (χ0) is 10.2. The second-order valence-electron chi connectivity index (χ2n) is 3.56. The number of rotatable bonds is 6. The van der Waals surface area contributed by atoms with E-state index in [4.69, 9.17) is 14.6 Å². The quantitative estimate of drug-likeness (QED) is 0.622. The Balaban J connectivity index is 2.13. The van der Waals surface area contributed by atoms with Gasteiger partial charge in [0.2, 0.25) is 0 Å². The van der Waals surface area contributed by atoms with E-state index in [9.17, 15) is 0 Å². The average molecular weight is 203 g/mol. The lowest BCUT2D eigenvalue weighted by Crippen LogP contribution is -2.48. The number of nitrogens with zero attached hydrogens (tertiary/aromatic N) is 1. The summed E-state index contributed by atoms with van der Waals surface area (Å²) in [5.41, 5.74) is 0. The van der Waals surface area contributed by atoms with Crippen molar-refractivity contribution in [3.63, 3.8) is 0 Å². The molecule has 0 aliphatic carbocycles. The minimum atomic E-state index is 0.161. The van der Waals surface area contributed by atoms with Crippen LogP contribution in [0.25, 0.3) is 0 Å². The maximum atomic E-state index is 9.10. The molecule has 1 rings (SSSR count). The highest BCUT2D eigenvalue weighted by molar-refractivity contribution is 4.73. The maximum Gasteiger partial charge on any atom is 0.0644 e. The van der Waals surface area contributed by atoms with E-state index in [1.54, 1.807) is 0 Å². The van der Waals surface area contributed by atoms with Crippen molar-refractivity contribution in [3.8, 4) is 0 Å². The fourth-order valence-corrected chi connectivity index (χ4v) is 1.58. The van der Waals surface area contributed by atoms with Crippen molar-refractivity contribution in [3.05, 3.63) is 0 Å². The third-order valence-corrected chi connectivity index (χ3v) is 2.43. The lowest BCUT2D eigenvalue weighted by atomic mass is 10.2. The predicted octanol–water partition coefficient (Wildman–Crippen LogP) is 0.106. The molecule has 0 aromatic carbocycles. The summed E-state index contributed by atoms with van der Waals surface area (Å²) in [7, 11) is 0. The van der Waals surface area contributed by atoms with Gasteiger partial charge in [0.1, 0.15) is 0 Å². The molecule has 0 aromatic rings. The van der Waals surface area contributed by atoms with Gasteiger partial charge in [-0.05, 0) is 6.42 Å². The van der Waals surface area contributed by atoms with Crippen LogP contribution in [0, 0.1) is 0 Å². The van der Waals surface area contributed by atoms with Crippen LogP contribution in [0.5, 0.6) is 0 Å². The monoisotopic (exact) mass is 203 g/mol. The molecule has 1 N–H and O–H groups in total. The average Bonchev–Trinajstić information content (AvgIpc) is 2.25. The Hall–Kier alpha value is -0.160. The van der Waals surface area contributed by atoms with Crippen LogP contribution >= 0.6 is 0 Å². The molecule has 0 spiro atoms. The Kier molecular flexibility index (Phi) is 6.10. The summed E-state index contributed by atoms with van der Waals surface area (Å²) in [4.78, 5) is 2.24. The van der Waals surface area contributed by atoms with Crippen LogP contribution in [0.3, 0.4) is 0 Å². The number of hydrogen-bond acceptors (Lipinski definition) is 4. The van der Waals surface area contributed by atoms with E-state index in [1.807, 2.05) is 0 Å². The molecule has 1 heterocycles. The van der Waals surface area contributed by atoms with Crippen LogP contribution in [-0.4, -0.2) is 62.2 Å². The Labute approximate surface area is 85.8 Å². The molecule has 0 amide bonds. The topological polar surface area (TPSA) is 41.9 Å². The van der Waals surface area contributed by atoms with Gasteiger partial charge in [-0.25, -0.2) is 0 Å². The molecule has 1 aliphatic heterocycles. The van der Waals surface area contributed by atoms with Crippen molar-refractivity contribution in [2.75, 3.05) is 46.1 Å². The first-order chi connectivity index (χ1) is 6.88. The van der Waals surface area contributed by atoms with Gasteiger partial charge in [-0.1, -0.05) is 6.92 Å². The summed E-state index contributed by atoms with van der Waals surface area (Å²) in [5.74, 6) is 0. The standard InChI is InChI=1S/C10H21NO3/c1-2-5-13-6-3-11-4-7-14-9-10(11)8-12/h10,12H,2-9H2,1H3. The molecule has 84 valence electrons. The van der Waals surface area contributed by atoms with E-state index in [1.165, 1.54) is 0 Å². The Morgan fingerprint density at radius 3 is 3.07 bits per heavy atom. The number of aliphatic hydroxyl groups is 1. The van der Waals surface area contributed by atoms with Crippen molar-refractivity contribution in [1.82, 2.24) is 4.90 Å². The molecule has 1 unspecified atom stereocenters. The van der Waals surface area contributed by atoms with Crippen molar-refractivity contribution < 1.29 is 14.6 Å². The Bertz CT molecular complexity index is 143. The zero-order valence-corrected chi connectivity index (χ0v) is 8.95. The summed E-state index contributed by atoms with van der Waals surface area (Å²) < 4.78 is 10.7. The number of aliphatic hydroxyl groups excluding tert-OH is 1. The predicted molar refractivity (Wildman–Crippen MR) is 54.4 cm³/mol. The molecule has 1 saturated heterocycles. The highest BCUT2D eigenvalue weighted by Gasteiger charge is 2.21. The summed E-state index contributed by atoms with van der Waals surface area (Å²) in [5, 5.41) is 9.10. The van der Waals surface area contributed by atoms with Crippen LogP contribution in [0.2, 0.25) is 0 Å². The minimum absolute atomic E-state index is 0.161. The van der Waals surface area contributed by atoms with Crippen molar-refractivity contribution in [2.45, 2.75) is 19.4 Å². The lowest BCUT2D eigenvalue weighted by molar-refractivity contribution is -0.0376. The second-order valence-corrected chi connectivity index (χ2v) is 3.56. The van der Waals surface area contributed by atoms with Crippen LogP contribution in [0.4, 0.5) is 0 Å². The van der Waals surface area contributed by atoms with Crippen LogP contribution in [0.15, 0.2) is 0 Å². The van der Waals surface area contributed by atoms with Crippen molar-refractivity contribution in [1.29, 1.82) is 0 Å². The molecular weight excluding hydrogens is 182 g/mol. The number of morpholine rings is 1. The van der Waals surface area contributed by atoms with E-state index in [2.05, 4.69) is 11.8 Å². The van der Waals surface area contributed by atoms with Gasteiger partial charge in [0.25, 0.3) is 0 Å². The first-order valence-corrected chi connectivity index (χ1v) is 5.39. The number of hydrogen-bond donors (Lipinski definition) is 1. The van der Waals surface area contributed by atoms with Crippen LogP contribution < -0.4 is 0 Å². The molecule has 0 radical (unpaired) electrons. The van der Waals surface area contributed by atoms with Gasteiger partial charge in [0.05, 0.1) is 32.5 Å². The fourth-order valence-electron chi connectivity index (χ4n) is 1.58. The molecule has 0 bridgehead atoms. The second kappa shape index (κ2) is 7.17. The largest absolute Gasteiger partial charge is 0.395 e. The summed E-state index contributed by atoms with van der Waals surface area (Å²) in [6, 6.07) is 0.161. The van der Waals surface area contributed by atoms with Gasteiger partial charge in [0, 0.05) is 19.7 Å². The molecular formula is C10H21NO3. The van der Waals surface area contributed by atoms with Gasteiger partial charge in [0.15, 0.2) is 0 Å². The summed E-state index contributed by atoms with van der Waals surface area (Å²) >= 11 is 0. The highest BCUT2D eigenvalue weighted by Crippen LogP contribution is 2.05. The van der Waals surface area contributed by atoms with E-state index in [0.29, 0.717) is 6.61 Å². The third-order valence-electron chi connectivity index (χ3n) is 2.43. The van der Waals surface area contributed by atoms with Gasteiger partial charge >= 0.3 is 0 Å². The van der Waals surface area contributed by atoms with Gasteiger partial charge in [-0.3, -0.25) is 4.90 Å². The van der Waals surface area contributed by atoms with Gasteiger partial charge in [-0.2, -0.15) is 0 Å².